The molecule has 0 saturated carbocycles. The number of carbonyl (C=O) groups excluding carboxylic acids is 1. The maximum Gasteiger partial charge on any atom is 0.282 e. The molecule has 1 N–H and O–H groups in total. The van der Waals surface area contributed by atoms with E-state index in [-0.39, 0.29) is 11.7 Å². The van der Waals surface area contributed by atoms with Gasteiger partial charge < -0.3 is 5.32 Å². The first-order chi connectivity index (χ1) is 13.9. The number of hydrogen-bond donors (Lipinski definition) is 1. The molecule has 0 saturated heterocycles. The molecule has 3 rings (SSSR count). The van der Waals surface area contributed by atoms with Crippen LogP contribution >= 0.6 is 11.3 Å². The summed E-state index contributed by atoms with van der Waals surface area (Å²) < 4.78 is 12.9. The van der Waals surface area contributed by atoms with E-state index in [0.717, 1.165) is 17.1 Å². The minimum absolute atomic E-state index is 0.273. The predicted octanol–water partition coefficient (Wildman–Crippen LogP) is 4.36. The molecule has 3 aromatic rings. The molecule has 152 valence electrons. The Kier molecular flexibility index (Phi) is 7.06. The maximum absolute atomic E-state index is 12.9. The molecule has 0 unspecified atom stereocenters. The van der Waals surface area contributed by atoms with Gasteiger partial charge >= 0.3 is 0 Å². The zero-order chi connectivity index (χ0) is 20.8. The predicted molar refractivity (Wildman–Crippen MR) is 113 cm³/mol. The molecule has 1 aromatic heterocycles. The Labute approximate surface area is 174 Å². The van der Waals surface area contributed by atoms with Crippen molar-refractivity contribution >= 4 is 17.2 Å². The van der Waals surface area contributed by atoms with Crippen LogP contribution in [0, 0.1) is 5.82 Å². The lowest BCUT2D eigenvalue weighted by Crippen LogP contribution is -2.22. The molecule has 0 radical (unpaired) electrons. The summed E-state index contributed by atoms with van der Waals surface area (Å²) in [4.78, 5) is 14.4. The van der Waals surface area contributed by atoms with E-state index >= 15 is 0 Å². The molecular weight excluding hydrogens is 387 g/mol. The Hall–Kier alpha value is -2.64. The van der Waals surface area contributed by atoms with Crippen LogP contribution in [-0.2, 0) is 19.6 Å². The number of aromatic nitrogens is 2. The number of benzene rings is 2. The van der Waals surface area contributed by atoms with E-state index in [0.29, 0.717) is 24.0 Å². The summed E-state index contributed by atoms with van der Waals surface area (Å²) in [6.45, 7) is 6.10. The summed E-state index contributed by atoms with van der Waals surface area (Å²) in [5.74, 6) is -0.0466. The van der Waals surface area contributed by atoms with Crippen LogP contribution in [0.2, 0.25) is 0 Å². The van der Waals surface area contributed by atoms with E-state index in [1.807, 2.05) is 7.05 Å². The summed E-state index contributed by atoms with van der Waals surface area (Å²) >= 11 is 1.29. The van der Waals surface area contributed by atoms with Gasteiger partial charge in [-0.25, -0.2) is 4.39 Å². The van der Waals surface area contributed by atoms with Crippen LogP contribution < -0.4 is 5.32 Å². The minimum atomic E-state index is -0.297. The molecule has 1 heterocycles. The second-order valence-electron chi connectivity index (χ2n) is 7.38. The molecule has 1 amide bonds. The van der Waals surface area contributed by atoms with Gasteiger partial charge in [-0.1, -0.05) is 61.6 Å². The third kappa shape index (κ3) is 6.17. The van der Waals surface area contributed by atoms with Gasteiger partial charge in [-0.2, -0.15) is 0 Å². The summed E-state index contributed by atoms with van der Waals surface area (Å²) in [5, 5.41) is 12.1. The molecule has 0 spiro atoms. The molecule has 7 heteroatoms. The molecule has 5 nitrogen and oxygen atoms in total. The first kappa shape index (κ1) is 21.1. The molecule has 0 fully saturated rings. The van der Waals surface area contributed by atoms with Crippen LogP contribution in [0.25, 0.3) is 0 Å². The lowest BCUT2D eigenvalue weighted by atomic mass is 10.0. The lowest BCUT2D eigenvalue weighted by molar-refractivity contribution is 0.0950. The van der Waals surface area contributed by atoms with Crippen LogP contribution in [-0.4, -0.2) is 28.1 Å². The standard InChI is InChI=1S/C22H25FN4OS/c1-15(2)18-8-4-17(5-9-18)13-27(3)14-20-25-26-22(29-20)21(28)24-12-16-6-10-19(23)11-7-16/h4-11,15H,12-14H2,1-3H3,(H,24,28). The van der Waals surface area contributed by atoms with Crippen molar-refractivity contribution in [1.29, 1.82) is 0 Å². The first-order valence-corrected chi connectivity index (χ1v) is 10.3. The molecule has 0 aliphatic heterocycles. The van der Waals surface area contributed by atoms with Crippen molar-refractivity contribution in [3.05, 3.63) is 81.1 Å². The van der Waals surface area contributed by atoms with E-state index in [2.05, 4.69) is 58.5 Å². The van der Waals surface area contributed by atoms with Crippen LogP contribution in [0.15, 0.2) is 48.5 Å². The van der Waals surface area contributed by atoms with Crippen LogP contribution in [0.4, 0.5) is 4.39 Å². The van der Waals surface area contributed by atoms with E-state index in [4.69, 9.17) is 0 Å². The average molecular weight is 413 g/mol. The number of hydrogen-bond acceptors (Lipinski definition) is 5. The number of nitrogens with one attached hydrogen (secondary N) is 1. The number of nitrogens with zero attached hydrogens (tertiary/aromatic N) is 3. The van der Waals surface area contributed by atoms with Gasteiger partial charge in [-0.15, -0.1) is 10.2 Å². The quantitative estimate of drug-likeness (QED) is 0.597. The Morgan fingerprint density at radius 1 is 1.03 bits per heavy atom. The fourth-order valence-electron chi connectivity index (χ4n) is 2.88. The summed E-state index contributed by atoms with van der Waals surface area (Å²) in [5.41, 5.74) is 3.39. The molecule has 0 aliphatic rings. The van der Waals surface area contributed by atoms with Gasteiger partial charge in [-0.05, 0) is 41.8 Å². The SMILES string of the molecule is CC(C)c1ccc(CN(C)Cc2nnc(C(=O)NCc3ccc(F)cc3)s2)cc1. The van der Waals surface area contributed by atoms with E-state index in [1.165, 1.54) is 34.6 Å². The minimum Gasteiger partial charge on any atom is -0.346 e. The normalized spacial score (nSPS) is 11.2. The van der Waals surface area contributed by atoms with Crippen LogP contribution in [0.5, 0.6) is 0 Å². The van der Waals surface area contributed by atoms with Gasteiger partial charge in [0.15, 0.2) is 0 Å². The van der Waals surface area contributed by atoms with Crippen LogP contribution in [0.1, 0.15) is 51.3 Å². The summed E-state index contributed by atoms with van der Waals surface area (Å²) in [6.07, 6.45) is 0. The Balaban J connectivity index is 1.50. The topological polar surface area (TPSA) is 58.1 Å². The van der Waals surface area contributed by atoms with Crippen molar-refractivity contribution < 1.29 is 9.18 Å². The fourth-order valence-corrected chi connectivity index (χ4v) is 3.71. The lowest BCUT2D eigenvalue weighted by Gasteiger charge is -2.15. The second kappa shape index (κ2) is 9.71. The van der Waals surface area contributed by atoms with Crippen molar-refractivity contribution in [1.82, 2.24) is 20.4 Å². The molecule has 29 heavy (non-hydrogen) atoms. The van der Waals surface area contributed by atoms with Gasteiger partial charge in [0, 0.05) is 13.1 Å². The van der Waals surface area contributed by atoms with Gasteiger partial charge in [0.1, 0.15) is 10.8 Å². The zero-order valence-electron chi connectivity index (χ0n) is 16.9. The molecular formula is C22H25FN4OS. The highest BCUT2D eigenvalue weighted by Gasteiger charge is 2.14. The Morgan fingerprint density at radius 3 is 2.34 bits per heavy atom. The van der Waals surface area contributed by atoms with E-state index in [9.17, 15) is 9.18 Å². The molecule has 0 aliphatic carbocycles. The summed E-state index contributed by atoms with van der Waals surface area (Å²) in [7, 11) is 2.02. The van der Waals surface area contributed by atoms with E-state index in [1.54, 1.807) is 12.1 Å². The third-order valence-corrected chi connectivity index (χ3v) is 5.44. The highest BCUT2D eigenvalue weighted by molar-refractivity contribution is 7.13. The van der Waals surface area contributed by atoms with Gasteiger partial charge in [0.2, 0.25) is 5.01 Å². The Bertz CT molecular complexity index is 938. The Morgan fingerprint density at radius 2 is 1.69 bits per heavy atom. The first-order valence-electron chi connectivity index (χ1n) is 9.53. The number of carbonyl (C=O) groups is 1. The zero-order valence-corrected chi connectivity index (χ0v) is 17.7. The van der Waals surface area contributed by atoms with Crippen molar-refractivity contribution in [3.8, 4) is 0 Å². The number of halogens is 1. The van der Waals surface area contributed by atoms with Gasteiger partial charge in [-0.3, -0.25) is 9.69 Å². The molecule has 0 bridgehead atoms. The number of rotatable bonds is 8. The summed E-state index contributed by atoms with van der Waals surface area (Å²) in [6, 6.07) is 14.7. The van der Waals surface area contributed by atoms with Gasteiger partial charge in [0.25, 0.3) is 5.91 Å². The largest absolute Gasteiger partial charge is 0.346 e. The van der Waals surface area contributed by atoms with Crippen LogP contribution in [0.3, 0.4) is 0 Å². The monoisotopic (exact) mass is 412 g/mol. The average Bonchev–Trinajstić information content (AvgIpc) is 3.16. The third-order valence-electron chi connectivity index (χ3n) is 4.53. The van der Waals surface area contributed by atoms with Crippen molar-refractivity contribution in [2.75, 3.05) is 7.05 Å². The highest BCUT2D eigenvalue weighted by atomic mass is 32.1. The number of amides is 1. The van der Waals surface area contributed by atoms with E-state index < -0.39 is 0 Å². The van der Waals surface area contributed by atoms with Crippen molar-refractivity contribution in [2.45, 2.75) is 39.4 Å². The second-order valence-corrected chi connectivity index (χ2v) is 8.44. The van der Waals surface area contributed by atoms with Crippen molar-refractivity contribution in [3.63, 3.8) is 0 Å². The molecule has 0 atom stereocenters. The highest BCUT2D eigenvalue weighted by Crippen LogP contribution is 2.17. The van der Waals surface area contributed by atoms with Gasteiger partial charge in [0.05, 0.1) is 6.54 Å². The maximum atomic E-state index is 12.9. The fraction of sp³-hybridized carbons (Fsp3) is 0.318. The molecule has 2 aromatic carbocycles. The smallest absolute Gasteiger partial charge is 0.282 e. The van der Waals surface area contributed by atoms with Crippen molar-refractivity contribution in [2.24, 2.45) is 0 Å².